The number of thioether (sulfide) groups is 1. The van der Waals surface area contributed by atoms with Crippen LogP contribution >= 0.6 is 11.8 Å². The molecule has 4 saturated heterocycles. The van der Waals surface area contributed by atoms with Gasteiger partial charge in [0, 0.05) is 16.6 Å². The van der Waals surface area contributed by atoms with Crippen molar-refractivity contribution in [1.82, 2.24) is 0 Å². The van der Waals surface area contributed by atoms with Gasteiger partial charge < -0.3 is 28.8 Å². The minimum Gasteiger partial charge on any atom is -0.382 e. The van der Waals surface area contributed by atoms with E-state index in [0.29, 0.717) is 12.4 Å². The Morgan fingerprint density at radius 1 is 1.08 bits per heavy atom. The molecule has 4 fully saturated rings. The van der Waals surface area contributed by atoms with Crippen molar-refractivity contribution in [3.05, 3.63) is 0 Å². The molecule has 9 heteroatoms. The van der Waals surface area contributed by atoms with Gasteiger partial charge >= 0.3 is 0 Å². The zero-order chi connectivity index (χ0) is 18.0. The molecular weight excluding hydrogens is 368 g/mol. The molecule has 0 aromatic rings. The maximum atomic E-state index is 12.7. The van der Waals surface area contributed by atoms with Gasteiger partial charge in [-0.25, -0.2) is 0 Å². The van der Waals surface area contributed by atoms with E-state index in [1.807, 2.05) is 13.8 Å². The fourth-order valence-corrected chi connectivity index (χ4v) is 7.75. The molecule has 0 unspecified atom stereocenters. The molecule has 4 rings (SSSR count). The highest BCUT2D eigenvalue weighted by molar-refractivity contribution is 8.12. The summed E-state index contributed by atoms with van der Waals surface area (Å²) in [6.45, 7) is 7.52. The van der Waals surface area contributed by atoms with E-state index in [2.05, 4.69) is 0 Å². The lowest BCUT2D eigenvalue weighted by atomic mass is 9.91. The van der Waals surface area contributed by atoms with Gasteiger partial charge in [-0.05, 0) is 39.9 Å². The van der Waals surface area contributed by atoms with Crippen molar-refractivity contribution in [3.63, 3.8) is 0 Å². The minimum absolute atomic E-state index is 0.298. The van der Waals surface area contributed by atoms with Crippen LogP contribution in [0.2, 0.25) is 0 Å². The zero-order valence-corrected chi connectivity index (χ0v) is 16.6. The first-order valence-corrected chi connectivity index (χ1v) is 11.1. The fraction of sp³-hybridized carbons (Fsp3) is 1.00. The molecule has 0 aromatic heterocycles. The fourth-order valence-electron chi connectivity index (χ4n) is 3.99. The van der Waals surface area contributed by atoms with Crippen molar-refractivity contribution in [2.45, 2.75) is 80.5 Å². The Morgan fingerprint density at radius 2 is 1.84 bits per heavy atom. The van der Waals surface area contributed by atoms with Crippen LogP contribution in [0.3, 0.4) is 0 Å². The van der Waals surface area contributed by atoms with Gasteiger partial charge in [0.2, 0.25) is 0 Å². The van der Waals surface area contributed by atoms with Crippen molar-refractivity contribution in [2.24, 2.45) is 0 Å². The zero-order valence-electron chi connectivity index (χ0n) is 14.9. The molecule has 0 saturated carbocycles. The monoisotopic (exact) mass is 394 g/mol. The number of fused-ring (bicyclic) bond motifs is 1. The van der Waals surface area contributed by atoms with Crippen molar-refractivity contribution in [3.8, 4) is 0 Å². The summed E-state index contributed by atoms with van der Waals surface area (Å²) in [5, 5.41) is 11.8. The van der Waals surface area contributed by atoms with Crippen LogP contribution in [0, 0.1) is 0 Å². The third kappa shape index (κ3) is 3.10. The minimum atomic E-state index is -1.47. The second kappa shape index (κ2) is 6.13. The van der Waals surface area contributed by atoms with Crippen LogP contribution < -0.4 is 0 Å². The number of ether oxygens (including phenoxy) is 5. The molecule has 0 spiro atoms. The molecule has 4 aliphatic heterocycles. The van der Waals surface area contributed by atoms with Crippen molar-refractivity contribution >= 4 is 22.6 Å². The molecule has 0 amide bonds. The lowest BCUT2D eigenvalue weighted by Gasteiger charge is -2.41. The Kier molecular flexibility index (Phi) is 4.57. The number of aliphatic hydroxyl groups is 1. The van der Waals surface area contributed by atoms with E-state index in [4.69, 9.17) is 23.7 Å². The Morgan fingerprint density at radius 3 is 2.48 bits per heavy atom. The SMILES string of the molecule is CC1(C)OC[C@H]([C@H]2O[C@@H]3OC(C)(C)O[C@@H]3[C@@]2(O)[C@@H]2SCCC[S@]2=O)O1. The van der Waals surface area contributed by atoms with E-state index in [-0.39, 0.29) is 0 Å². The normalized spacial score (nSPS) is 51.6. The molecule has 4 aliphatic rings. The Balaban J connectivity index is 1.67. The second-order valence-corrected chi connectivity index (χ2v) is 11.0. The van der Waals surface area contributed by atoms with Gasteiger partial charge in [-0.3, -0.25) is 4.21 Å². The number of hydrogen-bond acceptors (Lipinski definition) is 8. The highest BCUT2D eigenvalue weighted by atomic mass is 32.2. The summed E-state index contributed by atoms with van der Waals surface area (Å²) in [6, 6.07) is 0. The van der Waals surface area contributed by atoms with Gasteiger partial charge in [0.15, 0.2) is 17.9 Å². The number of hydrogen-bond donors (Lipinski definition) is 1. The first-order valence-electron chi connectivity index (χ1n) is 8.66. The predicted octanol–water partition coefficient (Wildman–Crippen LogP) is 0.957. The van der Waals surface area contributed by atoms with Crippen LogP contribution in [-0.4, -0.2) is 73.8 Å². The summed E-state index contributed by atoms with van der Waals surface area (Å²) < 4.78 is 41.7. The first kappa shape index (κ1) is 18.6. The Bertz CT molecular complexity index is 569. The van der Waals surface area contributed by atoms with Gasteiger partial charge in [-0.15, -0.1) is 11.8 Å². The van der Waals surface area contributed by atoms with Gasteiger partial charge in [-0.2, -0.15) is 0 Å². The van der Waals surface area contributed by atoms with Crippen LogP contribution in [0.4, 0.5) is 0 Å². The van der Waals surface area contributed by atoms with Crippen LogP contribution in [0.15, 0.2) is 0 Å². The van der Waals surface area contributed by atoms with Crippen LogP contribution in [-0.2, 0) is 34.5 Å². The first-order chi connectivity index (χ1) is 11.6. The average molecular weight is 395 g/mol. The highest BCUT2D eigenvalue weighted by Gasteiger charge is 2.69. The molecule has 25 heavy (non-hydrogen) atoms. The molecule has 1 N–H and O–H groups in total. The lowest BCUT2D eigenvalue weighted by molar-refractivity contribution is -0.245. The van der Waals surface area contributed by atoms with E-state index >= 15 is 0 Å². The molecule has 7 nitrogen and oxygen atoms in total. The molecule has 0 radical (unpaired) electrons. The molecule has 144 valence electrons. The predicted molar refractivity (Wildman–Crippen MR) is 92.4 cm³/mol. The van der Waals surface area contributed by atoms with E-state index < -0.39 is 57.2 Å². The van der Waals surface area contributed by atoms with Crippen LogP contribution in [0.25, 0.3) is 0 Å². The average Bonchev–Trinajstić information content (AvgIpc) is 3.10. The Labute approximate surface area is 154 Å². The standard InChI is InChI=1S/C16H26O7S2/c1-14(2)19-8-9(21-14)10-16(17,13-24-6-5-7-25(13)18)11-12(20-10)23-15(3,4)22-11/h9-13,17H,5-8H2,1-4H3/t9-,10-,11+,12-,13-,16-,25-/m1/s1. The van der Waals surface area contributed by atoms with Crippen molar-refractivity contribution < 1.29 is 33.0 Å². The molecule has 4 heterocycles. The smallest absolute Gasteiger partial charge is 0.190 e. The second-order valence-electron chi connectivity index (χ2n) is 7.88. The molecule has 0 bridgehead atoms. The number of rotatable bonds is 2. The lowest BCUT2D eigenvalue weighted by Crippen LogP contribution is -2.62. The summed E-state index contributed by atoms with van der Waals surface area (Å²) in [7, 11) is -1.18. The molecule has 0 aromatic carbocycles. The van der Waals surface area contributed by atoms with Crippen LogP contribution in [0.1, 0.15) is 34.1 Å². The molecule has 0 aliphatic carbocycles. The van der Waals surface area contributed by atoms with Gasteiger partial charge in [-0.1, -0.05) is 0 Å². The van der Waals surface area contributed by atoms with Crippen molar-refractivity contribution in [1.29, 1.82) is 0 Å². The summed E-state index contributed by atoms with van der Waals surface area (Å²) >= 11 is 1.52. The Hall–Kier alpha value is 0.260. The summed E-state index contributed by atoms with van der Waals surface area (Å²) in [5.74, 6) is -0.184. The third-order valence-electron chi connectivity index (χ3n) is 4.99. The maximum absolute atomic E-state index is 12.7. The summed E-state index contributed by atoms with van der Waals surface area (Å²) in [4.78, 5) is 0. The van der Waals surface area contributed by atoms with E-state index in [0.717, 1.165) is 12.2 Å². The topological polar surface area (TPSA) is 83.5 Å². The van der Waals surface area contributed by atoms with Crippen molar-refractivity contribution in [2.75, 3.05) is 18.1 Å². The summed E-state index contributed by atoms with van der Waals surface area (Å²) in [6.07, 6.45) is -1.74. The maximum Gasteiger partial charge on any atom is 0.190 e. The molecule has 7 atom stereocenters. The largest absolute Gasteiger partial charge is 0.382 e. The van der Waals surface area contributed by atoms with Gasteiger partial charge in [0.25, 0.3) is 0 Å². The highest BCUT2D eigenvalue weighted by Crippen LogP contribution is 2.51. The third-order valence-corrected chi connectivity index (χ3v) is 8.80. The quantitative estimate of drug-likeness (QED) is 0.741. The molecular formula is C16H26O7S2. The van der Waals surface area contributed by atoms with Gasteiger partial charge in [0.1, 0.15) is 28.5 Å². The van der Waals surface area contributed by atoms with Crippen LogP contribution in [0.5, 0.6) is 0 Å². The summed E-state index contributed by atoms with van der Waals surface area (Å²) in [5.41, 5.74) is -1.47. The van der Waals surface area contributed by atoms with E-state index in [1.54, 1.807) is 13.8 Å². The van der Waals surface area contributed by atoms with E-state index in [9.17, 15) is 9.32 Å². The van der Waals surface area contributed by atoms with Gasteiger partial charge in [0.05, 0.1) is 6.61 Å². The van der Waals surface area contributed by atoms with E-state index in [1.165, 1.54) is 11.8 Å².